The number of amides is 1. The molecule has 7 heteroatoms. The van der Waals surface area contributed by atoms with Crippen LogP contribution >= 0.6 is 0 Å². The van der Waals surface area contributed by atoms with Crippen LogP contribution in [0.1, 0.15) is 12.0 Å². The summed E-state index contributed by atoms with van der Waals surface area (Å²) in [6.07, 6.45) is 5.87. The quantitative estimate of drug-likeness (QED) is 0.846. The highest BCUT2D eigenvalue weighted by atomic mass is 16.7. The zero-order chi connectivity index (χ0) is 16.4. The van der Waals surface area contributed by atoms with Gasteiger partial charge in [-0.15, -0.1) is 0 Å². The van der Waals surface area contributed by atoms with Gasteiger partial charge in [0.25, 0.3) is 0 Å². The van der Waals surface area contributed by atoms with Gasteiger partial charge in [-0.3, -0.25) is 9.78 Å². The van der Waals surface area contributed by atoms with Gasteiger partial charge in [-0.1, -0.05) is 6.07 Å². The predicted octanol–water partition coefficient (Wildman–Crippen LogP) is 1.43. The van der Waals surface area contributed by atoms with E-state index in [0.717, 1.165) is 17.7 Å². The number of benzene rings is 1. The van der Waals surface area contributed by atoms with E-state index in [-0.39, 0.29) is 18.8 Å². The lowest BCUT2D eigenvalue weighted by Gasteiger charge is -2.17. The van der Waals surface area contributed by atoms with Crippen LogP contribution in [0.15, 0.2) is 36.8 Å². The molecule has 0 N–H and O–H groups in total. The van der Waals surface area contributed by atoms with E-state index < -0.39 is 0 Å². The van der Waals surface area contributed by atoms with Crippen molar-refractivity contribution in [2.45, 2.75) is 18.9 Å². The summed E-state index contributed by atoms with van der Waals surface area (Å²) in [4.78, 5) is 22.4. The van der Waals surface area contributed by atoms with Crippen LogP contribution in [0.4, 0.5) is 0 Å². The van der Waals surface area contributed by atoms with Gasteiger partial charge in [-0.25, -0.2) is 4.98 Å². The SMILES string of the molecule is O=C(Cc1ccc2c(c1)OCO2)N1CCC(Oc2cnccn2)C1. The maximum Gasteiger partial charge on any atom is 0.232 e. The van der Waals surface area contributed by atoms with Gasteiger partial charge >= 0.3 is 0 Å². The monoisotopic (exact) mass is 327 g/mol. The molecule has 1 aromatic carbocycles. The van der Waals surface area contributed by atoms with E-state index in [9.17, 15) is 4.79 Å². The van der Waals surface area contributed by atoms with Crippen molar-refractivity contribution >= 4 is 5.91 Å². The van der Waals surface area contributed by atoms with Crippen LogP contribution in [-0.4, -0.2) is 46.8 Å². The first-order chi connectivity index (χ1) is 11.8. The van der Waals surface area contributed by atoms with Gasteiger partial charge < -0.3 is 19.1 Å². The molecule has 0 bridgehead atoms. The molecule has 0 aliphatic carbocycles. The Balaban J connectivity index is 1.34. The molecule has 124 valence electrons. The molecule has 2 aromatic rings. The Morgan fingerprint density at radius 2 is 2.21 bits per heavy atom. The van der Waals surface area contributed by atoms with E-state index in [0.29, 0.717) is 31.1 Å². The summed E-state index contributed by atoms with van der Waals surface area (Å²) in [5.74, 6) is 2.00. The normalized spacial score (nSPS) is 18.7. The lowest BCUT2D eigenvalue weighted by Crippen LogP contribution is -2.32. The molecule has 2 aliphatic rings. The third kappa shape index (κ3) is 3.10. The smallest absolute Gasteiger partial charge is 0.232 e. The second kappa shape index (κ2) is 6.35. The topological polar surface area (TPSA) is 73.8 Å². The molecule has 0 radical (unpaired) electrons. The zero-order valence-corrected chi connectivity index (χ0v) is 13.1. The van der Waals surface area contributed by atoms with E-state index in [2.05, 4.69) is 9.97 Å². The molecule has 3 heterocycles. The first-order valence-corrected chi connectivity index (χ1v) is 7.87. The third-order valence-corrected chi connectivity index (χ3v) is 4.12. The van der Waals surface area contributed by atoms with Crippen molar-refractivity contribution in [1.29, 1.82) is 0 Å². The number of fused-ring (bicyclic) bond motifs is 1. The molecule has 1 saturated heterocycles. The van der Waals surface area contributed by atoms with Crippen molar-refractivity contribution in [3.8, 4) is 17.4 Å². The standard InChI is InChI=1S/C17H17N3O4/c21-17(8-12-1-2-14-15(7-12)23-11-22-14)20-6-3-13(10-20)24-16-9-18-4-5-19-16/h1-2,4-5,7,9,13H,3,6,8,10-11H2. The Kier molecular flexibility index (Phi) is 3.90. The summed E-state index contributed by atoms with van der Waals surface area (Å²) < 4.78 is 16.4. The maximum absolute atomic E-state index is 12.5. The van der Waals surface area contributed by atoms with Crippen molar-refractivity contribution in [3.05, 3.63) is 42.4 Å². The fourth-order valence-electron chi connectivity index (χ4n) is 2.91. The van der Waals surface area contributed by atoms with Gasteiger partial charge in [-0.05, 0) is 17.7 Å². The number of likely N-dealkylation sites (tertiary alicyclic amines) is 1. The minimum atomic E-state index is -0.0394. The van der Waals surface area contributed by atoms with Crippen LogP contribution in [0, 0.1) is 0 Å². The van der Waals surface area contributed by atoms with E-state index in [4.69, 9.17) is 14.2 Å². The summed E-state index contributed by atoms with van der Waals surface area (Å²) >= 11 is 0. The van der Waals surface area contributed by atoms with E-state index in [1.54, 1.807) is 18.6 Å². The van der Waals surface area contributed by atoms with Crippen LogP contribution in [0.5, 0.6) is 17.4 Å². The van der Waals surface area contributed by atoms with Gasteiger partial charge in [0.1, 0.15) is 6.10 Å². The number of ether oxygens (including phenoxy) is 3. The van der Waals surface area contributed by atoms with Crippen LogP contribution in [0.25, 0.3) is 0 Å². The minimum Gasteiger partial charge on any atom is -0.471 e. The summed E-state index contributed by atoms with van der Waals surface area (Å²) in [6, 6.07) is 5.60. The number of carbonyl (C=O) groups excluding carboxylic acids is 1. The zero-order valence-electron chi connectivity index (χ0n) is 13.1. The number of carbonyl (C=O) groups is 1. The molecule has 2 aliphatic heterocycles. The average Bonchev–Trinajstić information content (AvgIpc) is 3.24. The molecule has 24 heavy (non-hydrogen) atoms. The minimum absolute atomic E-state index is 0.0394. The van der Waals surface area contributed by atoms with E-state index in [1.165, 1.54) is 0 Å². The molecular formula is C17H17N3O4. The van der Waals surface area contributed by atoms with Gasteiger partial charge in [0.15, 0.2) is 11.5 Å². The first kappa shape index (κ1) is 14.7. The van der Waals surface area contributed by atoms with Crippen molar-refractivity contribution in [1.82, 2.24) is 14.9 Å². The van der Waals surface area contributed by atoms with Gasteiger partial charge in [-0.2, -0.15) is 0 Å². The van der Waals surface area contributed by atoms with Crippen molar-refractivity contribution in [2.24, 2.45) is 0 Å². The molecule has 1 fully saturated rings. The second-order valence-electron chi connectivity index (χ2n) is 5.78. The van der Waals surface area contributed by atoms with Gasteiger partial charge in [0.05, 0.1) is 19.2 Å². The Morgan fingerprint density at radius 3 is 3.08 bits per heavy atom. The van der Waals surface area contributed by atoms with Gasteiger partial charge in [0.2, 0.25) is 18.6 Å². The lowest BCUT2D eigenvalue weighted by molar-refractivity contribution is -0.129. The van der Waals surface area contributed by atoms with Gasteiger partial charge in [0, 0.05) is 25.4 Å². The number of aromatic nitrogens is 2. The second-order valence-corrected chi connectivity index (χ2v) is 5.78. The summed E-state index contributed by atoms with van der Waals surface area (Å²) in [6.45, 7) is 1.49. The molecule has 0 saturated carbocycles. The molecule has 4 rings (SSSR count). The summed E-state index contributed by atoms with van der Waals surface area (Å²) in [5.41, 5.74) is 0.919. The highest BCUT2D eigenvalue weighted by Crippen LogP contribution is 2.32. The molecular weight excluding hydrogens is 310 g/mol. The molecule has 1 aromatic heterocycles. The predicted molar refractivity (Wildman–Crippen MR) is 83.9 cm³/mol. The van der Waals surface area contributed by atoms with Crippen LogP contribution in [0.3, 0.4) is 0 Å². The summed E-state index contributed by atoms with van der Waals surface area (Å²) in [7, 11) is 0. The first-order valence-electron chi connectivity index (χ1n) is 7.87. The maximum atomic E-state index is 12.5. The number of hydrogen-bond acceptors (Lipinski definition) is 6. The fourth-order valence-corrected chi connectivity index (χ4v) is 2.91. The van der Waals surface area contributed by atoms with Crippen LogP contribution < -0.4 is 14.2 Å². The fraction of sp³-hybridized carbons (Fsp3) is 0.353. The Bertz CT molecular complexity index is 738. The van der Waals surface area contributed by atoms with Crippen LogP contribution in [0.2, 0.25) is 0 Å². The highest BCUT2D eigenvalue weighted by Gasteiger charge is 2.28. The van der Waals surface area contributed by atoms with E-state index >= 15 is 0 Å². The number of rotatable bonds is 4. The molecule has 1 atom stereocenters. The van der Waals surface area contributed by atoms with Crippen molar-refractivity contribution in [3.63, 3.8) is 0 Å². The Morgan fingerprint density at radius 1 is 1.29 bits per heavy atom. The summed E-state index contributed by atoms with van der Waals surface area (Å²) in [5, 5.41) is 0. The average molecular weight is 327 g/mol. The molecule has 1 amide bonds. The van der Waals surface area contributed by atoms with Crippen molar-refractivity contribution < 1.29 is 19.0 Å². The van der Waals surface area contributed by atoms with Crippen LogP contribution in [-0.2, 0) is 11.2 Å². The van der Waals surface area contributed by atoms with Crippen molar-refractivity contribution in [2.75, 3.05) is 19.9 Å². The molecule has 7 nitrogen and oxygen atoms in total. The highest BCUT2D eigenvalue weighted by molar-refractivity contribution is 5.79. The molecule has 1 unspecified atom stereocenters. The Hall–Kier alpha value is -2.83. The number of hydrogen-bond donors (Lipinski definition) is 0. The molecule has 0 spiro atoms. The lowest BCUT2D eigenvalue weighted by atomic mass is 10.1. The largest absolute Gasteiger partial charge is 0.471 e. The third-order valence-electron chi connectivity index (χ3n) is 4.12. The number of nitrogens with zero attached hydrogens (tertiary/aromatic N) is 3. The van der Waals surface area contributed by atoms with E-state index in [1.807, 2.05) is 23.1 Å². The Labute approximate surface area is 139 Å².